The Balaban J connectivity index is 3.67. The predicted molar refractivity (Wildman–Crippen MR) is 49.5 cm³/mol. The van der Waals surface area contributed by atoms with Gasteiger partial charge in [-0.05, 0) is 27.7 Å². The summed E-state index contributed by atoms with van der Waals surface area (Å²) in [6, 6.07) is 0. The molecule has 0 aliphatic carbocycles. The minimum atomic E-state index is -0.599. The van der Waals surface area contributed by atoms with Gasteiger partial charge in [0.1, 0.15) is 5.60 Å². The van der Waals surface area contributed by atoms with Crippen molar-refractivity contribution in [3.05, 3.63) is 0 Å². The fourth-order valence-corrected chi connectivity index (χ4v) is 1.09. The number of hydrogen-bond donors (Lipinski definition) is 2. The van der Waals surface area contributed by atoms with Crippen LogP contribution in [0, 0.1) is 0 Å². The van der Waals surface area contributed by atoms with Gasteiger partial charge in [0.05, 0.1) is 18.8 Å². The molecule has 0 heterocycles. The Kier molecular flexibility index (Phi) is 5.48. The Labute approximate surface area is 79.4 Å². The summed E-state index contributed by atoms with van der Waals surface area (Å²) in [4.78, 5) is 4.27. The molecular formula is C9H20O4. The van der Waals surface area contributed by atoms with Crippen LogP contribution in [0.3, 0.4) is 0 Å². The van der Waals surface area contributed by atoms with E-state index < -0.39 is 11.7 Å². The molecule has 0 saturated carbocycles. The lowest BCUT2D eigenvalue weighted by atomic mass is 10.0. The molecule has 0 aliphatic rings. The topological polar surface area (TPSA) is 58.9 Å². The van der Waals surface area contributed by atoms with E-state index in [2.05, 4.69) is 4.89 Å². The van der Waals surface area contributed by atoms with Crippen LogP contribution >= 0.6 is 0 Å². The summed E-state index contributed by atoms with van der Waals surface area (Å²) in [5, 5.41) is 17.5. The molecule has 0 aromatic rings. The van der Waals surface area contributed by atoms with Gasteiger partial charge in [-0.1, -0.05) is 0 Å². The molecule has 0 rings (SSSR count). The average Bonchev–Trinajstić information content (AvgIpc) is 2.00. The van der Waals surface area contributed by atoms with E-state index in [1.165, 1.54) is 0 Å². The smallest absolute Gasteiger partial charge is 0.100 e. The van der Waals surface area contributed by atoms with E-state index in [1.54, 1.807) is 20.8 Å². The first-order chi connectivity index (χ1) is 5.87. The molecule has 13 heavy (non-hydrogen) atoms. The fraction of sp³-hybridized carbons (Fsp3) is 1.00. The van der Waals surface area contributed by atoms with Gasteiger partial charge < -0.3 is 9.84 Å². The van der Waals surface area contributed by atoms with E-state index in [1.807, 2.05) is 6.92 Å². The Bertz CT molecular complexity index is 134. The van der Waals surface area contributed by atoms with Gasteiger partial charge >= 0.3 is 0 Å². The Morgan fingerprint density at radius 2 is 1.85 bits per heavy atom. The highest BCUT2D eigenvalue weighted by atomic mass is 17.1. The Hall–Kier alpha value is -0.160. The number of hydrogen-bond acceptors (Lipinski definition) is 4. The second kappa shape index (κ2) is 5.54. The molecule has 0 fully saturated rings. The van der Waals surface area contributed by atoms with Crippen LogP contribution in [0.2, 0.25) is 0 Å². The molecular weight excluding hydrogens is 172 g/mol. The molecule has 4 heteroatoms. The van der Waals surface area contributed by atoms with Gasteiger partial charge in [0.2, 0.25) is 0 Å². The van der Waals surface area contributed by atoms with Crippen molar-refractivity contribution < 1.29 is 20.0 Å². The van der Waals surface area contributed by atoms with Gasteiger partial charge in [0.15, 0.2) is 0 Å². The normalized spacial score (nSPS) is 17.1. The summed E-state index contributed by atoms with van der Waals surface area (Å²) in [5.74, 6) is 0. The molecule has 0 amide bonds. The van der Waals surface area contributed by atoms with E-state index in [0.717, 1.165) is 0 Å². The first-order valence-corrected chi connectivity index (χ1v) is 4.49. The largest absolute Gasteiger partial charge is 0.391 e. The lowest BCUT2D eigenvalue weighted by Crippen LogP contribution is -2.30. The second-order valence-electron chi connectivity index (χ2n) is 4.05. The van der Waals surface area contributed by atoms with Crippen molar-refractivity contribution in [2.45, 2.75) is 51.9 Å². The number of aliphatic hydroxyl groups excluding tert-OH is 1. The molecule has 4 nitrogen and oxygen atoms in total. The van der Waals surface area contributed by atoms with Crippen LogP contribution < -0.4 is 0 Å². The van der Waals surface area contributed by atoms with Gasteiger partial charge in [-0.3, -0.25) is 5.26 Å². The molecule has 0 aromatic carbocycles. The van der Waals surface area contributed by atoms with Crippen LogP contribution in [-0.2, 0) is 9.62 Å². The van der Waals surface area contributed by atoms with Gasteiger partial charge in [0, 0.05) is 6.42 Å². The number of aliphatic hydroxyl groups is 1. The van der Waals surface area contributed by atoms with Crippen molar-refractivity contribution in [2.24, 2.45) is 0 Å². The maximum atomic E-state index is 8.95. The Morgan fingerprint density at radius 3 is 2.23 bits per heavy atom. The predicted octanol–water partition coefficient (Wildman–Crippen LogP) is 1.43. The summed E-state index contributed by atoms with van der Waals surface area (Å²) in [6.07, 6.45) is 0.0771. The third-order valence-electron chi connectivity index (χ3n) is 1.65. The molecule has 2 N–H and O–H groups in total. The van der Waals surface area contributed by atoms with E-state index >= 15 is 0 Å². The zero-order valence-corrected chi connectivity index (χ0v) is 8.78. The van der Waals surface area contributed by atoms with Gasteiger partial charge in [-0.15, -0.1) is 0 Å². The van der Waals surface area contributed by atoms with Crippen LogP contribution in [-0.4, -0.2) is 34.8 Å². The summed E-state index contributed by atoms with van der Waals surface area (Å²) >= 11 is 0. The third-order valence-corrected chi connectivity index (χ3v) is 1.65. The second-order valence-corrected chi connectivity index (χ2v) is 4.05. The lowest BCUT2D eigenvalue weighted by molar-refractivity contribution is -0.318. The van der Waals surface area contributed by atoms with Crippen LogP contribution in [0.1, 0.15) is 34.1 Å². The molecule has 0 aromatic heterocycles. The van der Waals surface area contributed by atoms with E-state index in [9.17, 15) is 0 Å². The van der Waals surface area contributed by atoms with E-state index in [0.29, 0.717) is 13.0 Å². The highest BCUT2D eigenvalue weighted by molar-refractivity contribution is 4.70. The van der Waals surface area contributed by atoms with Crippen LogP contribution in [0.4, 0.5) is 0 Å². The lowest BCUT2D eigenvalue weighted by Gasteiger charge is -2.24. The fourth-order valence-electron chi connectivity index (χ4n) is 1.09. The van der Waals surface area contributed by atoms with Crippen LogP contribution in [0.25, 0.3) is 0 Å². The summed E-state index contributed by atoms with van der Waals surface area (Å²) in [5.41, 5.74) is -0.599. The highest BCUT2D eigenvalue weighted by Crippen LogP contribution is 2.16. The van der Waals surface area contributed by atoms with Crippen molar-refractivity contribution in [2.75, 3.05) is 6.61 Å². The van der Waals surface area contributed by atoms with E-state index in [4.69, 9.17) is 15.1 Å². The maximum Gasteiger partial charge on any atom is 0.100 e. The standard InChI is InChI=1S/C9H20O4/c1-7(10)6-12-8(2)5-9(3,4)13-11/h7-8,10-11H,5-6H2,1-4H3. The Morgan fingerprint density at radius 1 is 1.31 bits per heavy atom. The minimum absolute atomic E-state index is 0.0447. The van der Waals surface area contributed by atoms with E-state index in [-0.39, 0.29) is 6.10 Å². The van der Waals surface area contributed by atoms with Crippen molar-refractivity contribution >= 4 is 0 Å². The monoisotopic (exact) mass is 192 g/mol. The minimum Gasteiger partial charge on any atom is -0.391 e. The maximum absolute atomic E-state index is 8.95. The van der Waals surface area contributed by atoms with Crippen molar-refractivity contribution in [3.8, 4) is 0 Å². The molecule has 2 atom stereocenters. The average molecular weight is 192 g/mol. The zero-order valence-electron chi connectivity index (χ0n) is 8.78. The molecule has 2 unspecified atom stereocenters. The molecule has 0 saturated heterocycles. The SMILES string of the molecule is CC(O)COC(C)CC(C)(C)OO. The zero-order chi connectivity index (χ0) is 10.5. The van der Waals surface area contributed by atoms with Gasteiger partial charge in [0.25, 0.3) is 0 Å². The molecule has 0 bridgehead atoms. The third kappa shape index (κ3) is 6.95. The summed E-state index contributed by atoms with van der Waals surface area (Å²) in [6.45, 7) is 7.40. The summed E-state index contributed by atoms with van der Waals surface area (Å²) < 4.78 is 5.30. The van der Waals surface area contributed by atoms with Crippen molar-refractivity contribution in [3.63, 3.8) is 0 Å². The van der Waals surface area contributed by atoms with Crippen LogP contribution in [0.5, 0.6) is 0 Å². The van der Waals surface area contributed by atoms with Crippen molar-refractivity contribution in [1.29, 1.82) is 0 Å². The van der Waals surface area contributed by atoms with Gasteiger partial charge in [-0.25, -0.2) is 4.89 Å². The first-order valence-electron chi connectivity index (χ1n) is 4.49. The summed E-state index contributed by atoms with van der Waals surface area (Å²) in [7, 11) is 0. The van der Waals surface area contributed by atoms with Crippen LogP contribution in [0.15, 0.2) is 0 Å². The quantitative estimate of drug-likeness (QED) is 0.493. The number of rotatable bonds is 6. The molecule has 0 radical (unpaired) electrons. The molecule has 0 aliphatic heterocycles. The molecule has 0 spiro atoms. The van der Waals surface area contributed by atoms with Crippen molar-refractivity contribution in [1.82, 2.24) is 0 Å². The van der Waals surface area contributed by atoms with Gasteiger partial charge in [-0.2, -0.15) is 0 Å². The molecule has 80 valence electrons. The number of ether oxygens (including phenoxy) is 1. The first kappa shape index (κ1) is 12.8. The highest BCUT2D eigenvalue weighted by Gasteiger charge is 2.22.